The van der Waals surface area contributed by atoms with Gasteiger partial charge in [-0.05, 0) is 29.8 Å². The molecule has 0 bridgehead atoms. The number of ketones is 1. The summed E-state index contributed by atoms with van der Waals surface area (Å²) >= 11 is 0. The number of hydrogen-bond acceptors (Lipinski definition) is 3. The van der Waals surface area contributed by atoms with Crippen LogP contribution < -0.4 is 4.73 Å². The van der Waals surface area contributed by atoms with Gasteiger partial charge in [-0.2, -0.15) is 5.26 Å². The molecule has 2 rings (SSSR count). The van der Waals surface area contributed by atoms with Gasteiger partial charge in [-0.1, -0.05) is 18.2 Å². The first kappa shape index (κ1) is 12.5. The third kappa shape index (κ3) is 3.05. The van der Waals surface area contributed by atoms with Crippen molar-refractivity contribution in [2.45, 2.75) is 0 Å². The lowest BCUT2D eigenvalue weighted by molar-refractivity contribution is -0.905. The predicted molar refractivity (Wildman–Crippen MR) is 68.3 cm³/mol. The van der Waals surface area contributed by atoms with E-state index in [4.69, 9.17) is 5.26 Å². The minimum atomic E-state index is -0.299. The van der Waals surface area contributed by atoms with E-state index in [9.17, 15) is 10.0 Å². The van der Waals surface area contributed by atoms with E-state index in [-0.39, 0.29) is 11.5 Å². The van der Waals surface area contributed by atoms with E-state index in [1.165, 1.54) is 18.3 Å². The number of nitriles is 1. The number of rotatable bonds is 3. The average molecular weight is 251 g/mol. The van der Waals surface area contributed by atoms with Crippen molar-refractivity contribution in [1.82, 2.24) is 0 Å². The number of carbonyl (C=O) groups excluding carboxylic acids is 1. The maximum Gasteiger partial charge on any atom is 0.304 e. The Kier molecular flexibility index (Phi) is 3.70. The van der Waals surface area contributed by atoms with Gasteiger partial charge < -0.3 is 0 Å². The molecule has 0 amide bonds. The fourth-order valence-electron chi connectivity index (χ4n) is 1.56. The maximum absolute atomic E-state index is 11.8. The number of carbonyl (C=O) groups is 1. The second-order valence-electron chi connectivity index (χ2n) is 3.86. The highest BCUT2D eigenvalue weighted by atomic mass is 16.5. The van der Waals surface area contributed by atoms with E-state index in [0.717, 1.165) is 10.3 Å². The third-order valence-electron chi connectivity index (χ3n) is 2.56. The number of hydrogen-bond donors (Lipinski definition) is 1. The predicted octanol–water partition coefficient (Wildman–Crippen LogP) is 1.98. The van der Waals surface area contributed by atoms with E-state index >= 15 is 0 Å². The van der Waals surface area contributed by atoms with Gasteiger partial charge in [-0.15, -0.1) is 0 Å². The van der Waals surface area contributed by atoms with Crippen LogP contribution in [0.3, 0.4) is 0 Å². The van der Waals surface area contributed by atoms with Crippen molar-refractivity contribution < 1.29 is 14.7 Å². The molecular weight excluding hydrogens is 240 g/mol. The molecule has 0 saturated heterocycles. The first-order valence-electron chi connectivity index (χ1n) is 5.63. The molecule has 0 spiro atoms. The van der Waals surface area contributed by atoms with Crippen molar-refractivity contribution in [3.05, 3.63) is 71.6 Å². The molecule has 4 nitrogen and oxygen atoms in total. The zero-order chi connectivity index (χ0) is 13.7. The summed E-state index contributed by atoms with van der Waals surface area (Å²) in [5.74, 6) is -0.299. The van der Waals surface area contributed by atoms with Crippen molar-refractivity contribution in [1.29, 1.82) is 5.26 Å². The summed E-state index contributed by atoms with van der Waals surface area (Å²) in [5.41, 5.74) is 1.57. The zero-order valence-corrected chi connectivity index (χ0v) is 10.0. The van der Waals surface area contributed by atoms with Crippen LogP contribution in [-0.4, -0.2) is 11.0 Å². The Bertz CT molecular complexity index is 667. The normalized spacial score (nSPS) is 10.3. The van der Waals surface area contributed by atoms with Crippen molar-refractivity contribution in [3.63, 3.8) is 0 Å². The lowest BCUT2D eigenvalue weighted by atomic mass is 10.1. The molecule has 0 saturated carbocycles. The molecule has 0 radical (unpaired) electrons. The summed E-state index contributed by atoms with van der Waals surface area (Å²) in [6.45, 7) is 0. The van der Waals surface area contributed by atoms with Gasteiger partial charge in [0.25, 0.3) is 5.78 Å². The minimum absolute atomic E-state index is 0.187. The van der Waals surface area contributed by atoms with Gasteiger partial charge >= 0.3 is 5.69 Å². The maximum atomic E-state index is 11.8. The summed E-state index contributed by atoms with van der Waals surface area (Å²) in [6, 6.07) is 13.7. The van der Waals surface area contributed by atoms with Crippen LogP contribution in [-0.2, 0) is 0 Å². The second kappa shape index (κ2) is 5.61. The third-order valence-corrected chi connectivity index (χ3v) is 2.56. The molecule has 0 aliphatic rings. The van der Waals surface area contributed by atoms with E-state index in [2.05, 4.69) is 0 Å². The molecule has 19 heavy (non-hydrogen) atoms. The van der Waals surface area contributed by atoms with Crippen LogP contribution >= 0.6 is 0 Å². The Labute approximate surface area is 110 Å². The standard InChI is InChI=1S/C15H11N2O2/c16-11-13-6-4-12(5-7-13)8-9-15(18)14-3-1-2-10-17(14)19/h1-10,19H/q+1. The van der Waals surface area contributed by atoms with Crippen LogP contribution in [0.25, 0.3) is 6.08 Å². The van der Waals surface area contributed by atoms with Crippen molar-refractivity contribution >= 4 is 11.9 Å². The molecule has 2 aromatic rings. The van der Waals surface area contributed by atoms with Crippen LogP contribution in [0.4, 0.5) is 0 Å². The molecule has 0 fully saturated rings. The molecule has 1 aromatic carbocycles. The van der Waals surface area contributed by atoms with Gasteiger partial charge in [0.2, 0.25) is 6.20 Å². The Morgan fingerprint density at radius 2 is 1.95 bits per heavy atom. The smallest absolute Gasteiger partial charge is 0.284 e. The molecular formula is C15H11N2O2+. The molecule has 0 aliphatic carbocycles. The molecule has 92 valence electrons. The average Bonchev–Trinajstić information content (AvgIpc) is 2.46. The quantitative estimate of drug-likeness (QED) is 0.392. The van der Waals surface area contributed by atoms with Gasteiger partial charge in [-0.25, -0.2) is 0 Å². The van der Waals surface area contributed by atoms with E-state index in [0.29, 0.717) is 5.56 Å². The van der Waals surface area contributed by atoms with Crippen LogP contribution in [0.5, 0.6) is 0 Å². The number of nitrogens with zero attached hydrogens (tertiary/aromatic N) is 2. The lowest BCUT2D eigenvalue weighted by Gasteiger charge is -1.93. The topological polar surface area (TPSA) is 65.0 Å². The van der Waals surface area contributed by atoms with Crippen LogP contribution in [0, 0.1) is 11.3 Å². The highest BCUT2D eigenvalue weighted by Crippen LogP contribution is 2.06. The first-order chi connectivity index (χ1) is 9.20. The molecule has 0 unspecified atom stereocenters. The van der Waals surface area contributed by atoms with Crippen LogP contribution in [0.1, 0.15) is 21.6 Å². The SMILES string of the molecule is N#Cc1ccc(C=CC(=O)c2cccc[n+]2O)cc1. The summed E-state index contributed by atoms with van der Waals surface area (Å²) < 4.78 is 0.783. The molecule has 4 heteroatoms. The second-order valence-corrected chi connectivity index (χ2v) is 3.86. The van der Waals surface area contributed by atoms with Gasteiger partial charge in [-0.3, -0.25) is 10.0 Å². The van der Waals surface area contributed by atoms with Gasteiger partial charge in [0.15, 0.2) is 0 Å². The van der Waals surface area contributed by atoms with Gasteiger partial charge in [0.1, 0.15) is 0 Å². The lowest BCUT2D eigenvalue weighted by Crippen LogP contribution is -2.36. The molecule has 1 N–H and O–H groups in total. The Morgan fingerprint density at radius 1 is 1.21 bits per heavy atom. The van der Waals surface area contributed by atoms with E-state index in [1.807, 2.05) is 6.07 Å². The Balaban J connectivity index is 2.16. The zero-order valence-electron chi connectivity index (χ0n) is 10.0. The van der Waals surface area contributed by atoms with Crippen LogP contribution in [0.15, 0.2) is 54.7 Å². The fraction of sp³-hybridized carbons (Fsp3) is 0. The first-order valence-corrected chi connectivity index (χ1v) is 5.63. The summed E-state index contributed by atoms with van der Waals surface area (Å²) in [7, 11) is 0. The Morgan fingerprint density at radius 3 is 2.58 bits per heavy atom. The van der Waals surface area contributed by atoms with Crippen LogP contribution in [0.2, 0.25) is 0 Å². The number of allylic oxidation sites excluding steroid dienone is 1. The monoisotopic (exact) mass is 251 g/mol. The summed E-state index contributed by atoms with van der Waals surface area (Å²) in [4.78, 5) is 11.8. The molecule has 1 heterocycles. The Hall–Kier alpha value is -2.93. The van der Waals surface area contributed by atoms with Crippen molar-refractivity contribution in [2.75, 3.05) is 0 Å². The molecule has 0 aliphatic heterocycles. The summed E-state index contributed by atoms with van der Waals surface area (Å²) in [6.07, 6.45) is 4.41. The molecule has 1 aromatic heterocycles. The highest BCUT2D eigenvalue weighted by molar-refractivity contribution is 6.04. The van der Waals surface area contributed by atoms with Crippen molar-refractivity contribution in [3.8, 4) is 6.07 Å². The van der Waals surface area contributed by atoms with E-state index in [1.54, 1.807) is 42.5 Å². The van der Waals surface area contributed by atoms with E-state index < -0.39 is 0 Å². The summed E-state index contributed by atoms with van der Waals surface area (Å²) in [5, 5.41) is 18.1. The number of aromatic nitrogens is 1. The minimum Gasteiger partial charge on any atom is -0.284 e. The molecule has 0 atom stereocenters. The highest BCUT2D eigenvalue weighted by Gasteiger charge is 2.15. The fourth-order valence-corrected chi connectivity index (χ4v) is 1.56. The van der Waals surface area contributed by atoms with Gasteiger partial charge in [0, 0.05) is 16.9 Å². The largest absolute Gasteiger partial charge is 0.304 e. The van der Waals surface area contributed by atoms with Gasteiger partial charge in [0.05, 0.1) is 11.6 Å². The number of benzene rings is 1. The van der Waals surface area contributed by atoms with Crippen molar-refractivity contribution in [2.24, 2.45) is 0 Å². The number of pyridine rings is 1.